The Morgan fingerprint density at radius 2 is 1.55 bits per heavy atom. The van der Waals surface area contributed by atoms with Crippen molar-refractivity contribution in [2.24, 2.45) is 0 Å². The quantitative estimate of drug-likeness (QED) is 0.567. The van der Waals surface area contributed by atoms with E-state index < -0.39 is 0 Å². The summed E-state index contributed by atoms with van der Waals surface area (Å²) < 4.78 is 16.0. The Kier molecular flexibility index (Phi) is 5.60. The third-order valence-electron chi connectivity index (χ3n) is 2.79. The van der Waals surface area contributed by atoms with Gasteiger partial charge >= 0.3 is 5.97 Å². The van der Waals surface area contributed by atoms with Crippen LogP contribution in [0.1, 0.15) is 17.3 Å². The predicted octanol–water partition coefficient (Wildman–Crippen LogP) is 4.22. The van der Waals surface area contributed by atoms with Crippen molar-refractivity contribution >= 4 is 5.97 Å². The van der Waals surface area contributed by atoms with E-state index in [4.69, 9.17) is 14.2 Å². The van der Waals surface area contributed by atoms with Gasteiger partial charge in [-0.3, -0.25) is 0 Å². The molecule has 0 aliphatic rings. The molecule has 4 heteroatoms. The zero-order valence-corrected chi connectivity index (χ0v) is 12.5. The lowest BCUT2D eigenvalue weighted by atomic mass is 10.2. The van der Waals surface area contributed by atoms with Gasteiger partial charge in [0.05, 0.1) is 12.2 Å². The number of carbonyl (C=O) groups is 1. The van der Waals surface area contributed by atoms with Gasteiger partial charge in [0.25, 0.3) is 0 Å². The van der Waals surface area contributed by atoms with Crippen LogP contribution in [0.25, 0.3) is 0 Å². The highest BCUT2D eigenvalue weighted by Gasteiger charge is 2.06. The summed E-state index contributed by atoms with van der Waals surface area (Å²) in [5.41, 5.74) is 0.502. The second-order valence-corrected chi connectivity index (χ2v) is 4.42. The Labute approximate surface area is 129 Å². The average molecular weight is 298 g/mol. The zero-order chi connectivity index (χ0) is 15.8. The summed E-state index contributed by atoms with van der Waals surface area (Å²) in [4.78, 5) is 11.6. The van der Waals surface area contributed by atoms with Crippen LogP contribution in [0.15, 0.2) is 61.2 Å². The lowest BCUT2D eigenvalue weighted by Gasteiger charge is -2.08. The van der Waals surface area contributed by atoms with Crippen LogP contribution >= 0.6 is 0 Å². The smallest absolute Gasteiger partial charge is 0.338 e. The molecule has 0 aromatic heterocycles. The van der Waals surface area contributed by atoms with Gasteiger partial charge in [0.2, 0.25) is 0 Å². The lowest BCUT2D eigenvalue weighted by molar-refractivity contribution is 0.0526. The molecule has 0 aliphatic heterocycles. The number of rotatable bonds is 7. The first-order valence-corrected chi connectivity index (χ1v) is 7.01. The molecule has 0 aliphatic carbocycles. The van der Waals surface area contributed by atoms with Gasteiger partial charge in [0, 0.05) is 0 Å². The van der Waals surface area contributed by atoms with E-state index >= 15 is 0 Å². The lowest BCUT2D eigenvalue weighted by Crippen LogP contribution is -2.03. The molecule has 0 saturated heterocycles. The summed E-state index contributed by atoms with van der Waals surface area (Å²) in [6.07, 6.45) is 1.69. The number of ether oxygens (including phenoxy) is 3. The predicted molar refractivity (Wildman–Crippen MR) is 84.6 cm³/mol. The van der Waals surface area contributed by atoms with E-state index in [9.17, 15) is 4.79 Å². The normalized spacial score (nSPS) is 9.86. The molecule has 2 aromatic carbocycles. The van der Waals surface area contributed by atoms with Gasteiger partial charge in [-0.1, -0.05) is 12.7 Å². The monoisotopic (exact) mass is 298 g/mol. The standard InChI is InChI=1S/C18H18O4/c1-3-13-21-15-9-11-17(12-10-15)22-16-7-5-14(6-8-16)18(19)20-4-2/h3,5-12H,1,4,13H2,2H3. The summed E-state index contributed by atoms with van der Waals surface area (Å²) >= 11 is 0. The fraction of sp³-hybridized carbons (Fsp3) is 0.167. The van der Waals surface area contributed by atoms with E-state index in [2.05, 4.69) is 6.58 Å². The van der Waals surface area contributed by atoms with Gasteiger partial charge in [0.1, 0.15) is 23.9 Å². The first-order chi connectivity index (χ1) is 10.7. The summed E-state index contributed by atoms with van der Waals surface area (Å²) in [5.74, 6) is 1.75. The van der Waals surface area contributed by atoms with Crippen molar-refractivity contribution in [3.8, 4) is 17.2 Å². The molecule has 0 radical (unpaired) electrons. The van der Waals surface area contributed by atoms with Gasteiger partial charge in [0.15, 0.2) is 0 Å². The summed E-state index contributed by atoms with van der Waals surface area (Å²) in [7, 11) is 0. The van der Waals surface area contributed by atoms with Crippen molar-refractivity contribution in [3.05, 3.63) is 66.7 Å². The first-order valence-electron chi connectivity index (χ1n) is 7.01. The van der Waals surface area contributed by atoms with E-state index in [1.165, 1.54) is 0 Å². The minimum absolute atomic E-state index is 0.335. The Morgan fingerprint density at radius 1 is 1.00 bits per heavy atom. The number of carbonyl (C=O) groups excluding carboxylic acids is 1. The van der Waals surface area contributed by atoms with Crippen molar-refractivity contribution in [1.82, 2.24) is 0 Å². The van der Waals surface area contributed by atoms with Crippen LogP contribution in [0.3, 0.4) is 0 Å². The Hall–Kier alpha value is -2.75. The molecular formula is C18H18O4. The fourth-order valence-electron chi connectivity index (χ4n) is 1.77. The molecule has 22 heavy (non-hydrogen) atoms. The van der Waals surface area contributed by atoms with E-state index in [1.54, 1.807) is 37.3 Å². The molecule has 2 aromatic rings. The SMILES string of the molecule is C=CCOc1ccc(Oc2ccc(C(=O)OCC)cc2)cc1. The third-order valence-corrected chi connectivity index (χ3v) is 2.79. The highest BCUT2D eigenvalue weighted by Crippen LogP contribution is 2.24. The largest absolute Gasteiger partial charge is 0.490 e. The van der Waals surface area contributed by atoms with Crippen LogP contribution in [-0.2, 0) is 4.74 Å². The highest BCUT2D eigenvalue weighted by atomic mass is 16.5. The van der Waals surface area contributed by atoms with E-state index in [-0.39, 0.29) is 5.97 Å². The van der Waals surface area contributed by atoms with Crippen LogP contribution in [0.2, 0.25) is 0 Å². The van der Waals surface area contributed by atoms with Crippen molar-refractivity contribution in [3.63, 3.8) is 0 Å². The second-order valence-electron chi connectivity index (χ2n) is 4.42. The average Bonchev–Trinajstić information content (AvgIpc) is 2.55. The fourth-order valence-corrected chi connectivity index (χ4v) is 1.77. The molecule has 2 rings (SSSR count). The van der Waals surface area contributed by atoms with Crippen molar-refractivity contribution in [1.29, 1.82) is 0 Å². The highest BCUT2D eigenvalue weighted by molar-refractivity contribution is 5.89. The molecule has 0 bridgehead atoms. The zero-order valence-electron chi connectivity index (χ0n) is 12.5. The van der Waals surface area contributed by atoms with Crippen molar-refractivity contribution in [2.75, 3.05) is 13.2 Å². The molecule has 4 nitrogen and oxygen atoms in total. The molecule has 0 heterocycles. The third kappa shape index (κ3) is 4.38. The van der Waals surface area contributed by atoms with Gasteiger partial charge in [-0.15, -0.1) is 0 Å². The molecular weight excluding hydrogens is 280 g/mol. The van der Waals surface area contributed by atoms with Crippen molar-refractivity contribution < 1.29 is 19.0 Å². The maximum Gasteiger partial charge on any atom is 0.338 e. The summed E-state index contributed by atoms with van der Waals surface area (Å²) in [6.45, 7) is 6.20. The molecule has 0 amide bonds. The Balaban J connectivity index is 1.98. The van der Waals surface area contributed by atoms with Gasteiger partial charge in [-0.25, -0.2) is 4.79 Å². The molecule has 0 fully saturated rings. The molecule has 0 atom stereocenters. The van der Waals surface area contributed by atoms with Crippen LogP contribution in [0, 0.1) is 0 Å². The van der Waals surface area contributed by atoms with Crippen LogP contribution in [-0.4, -0.2) is 19.2 Å². The summed E-state index contributed by atoms with van der Waals surface area (Å²) in [6, 6.07) is 14.1. The van der Waals surface area contributed by atoms with E-state index in [0.29, 0.717) is 30.3 Å². The Morgan fingerprint density at radius 3 is 2.09 bits per heavy atom. The second kappa shape index (κ2) is 7.88. The molecule has 0 saturated carbocycles. The molecule has 0 unspecified atom stereocenters. The van der Waals surface area contributed by atoms with E-state index in [0.717, 1.165) is 5.75 Å². The molecule has 0 N–H and O–H groups in total. The number of benzene rings is 2. The van der Waals surface area contributed by atoms with Crippen LogP contribution in [0.5, 0.6) is 17.2 Å². The van der Waals surface area contributed by atoms with Crippen LogP contribution < -0.4 is 9.47 Å². The Bertz CT molecular complexity index is 615. The maximum absolute atomic E-state index is 11.6. The topological polar surface area (TPSA) is 44.8 Å². The molecule has 114 valence electrons. The van der Waals surface area contributed by atoms with Crippen molar-refractivity contribution in [2.45, 2.75) is 6.92 Å². The minimum atomic E-state index is -0.335. The summed E-state index contributed by atoms with van der Waals surface area (Å²) in [5, 5.41) is 0. The minimum Gasteiger partial charge on any atom is -0.490 e. The van der Waals surface area contributed by atoms with Gasteiger partial charge in [-0.2, -0.15) is 0 Å². The van der Waals surface area contributed by atoms with Crippen LogP contribution in [0.4, 0.5) is 0 Å². The number of hydrogen-bond acceptors (Lipinski definition) is 4. The van der Waals surface area contributed by atoms with Gasteiger partial charge in [-0.05, 0) is 55.5 Å². The molecule has 0 spiro atoms. The first kappa shape index (κ1) is 15.6. The maximum atomic E-state index is 11.6. The number of hydrogen-bond donors (Lipinski definition) is 0. The van der Waals surface area contributed by atoms with E-state index in [1.807, 2.05) is 24.3 Å². The van der Waals surface area contributed by atoms with Gasteiger partial charge < -0.3 is 14.2 Å². The number of esters is 1.